The topological polar surface area (TPSA) is 29.1 Å². The Hall–Kier alpha value is -0.530. The van der Waals surface area contributed by atoms with Crippen molar-refractivity contribution in [3.63, 3.8) is 0 Å². The number of hydrogen-bond donors (Lipinski definition) is 1. The number of carbonyl (C=O) groups is 1. The molecule has 0 aromatic carbocycles. The fourth-order valence-electron chi connectivity index (χ4n) is 3.34. The average molecular weight is 237 g/mol. The fourth-order valence-corrected chi connectivity index (χ4v) is 3.34. The lowest BCUT2D eigenvalue weighted by Crippen LogP contribution is -2.48. The maximum absolute atomic E-state index is 12.1. The highest BCUT2D eigenvalue weighted by Crippen LogP contribution is 2.34. The maximum Gasteiger partial charge on any atom is 0.223 e. The smallest absolute Gasteiger partial charge is 0.223 e. The molecular formula is C15H27NO. The number of rotatable bonds is 3. The van der Waals surface area contributed by atoms with E-state index < -0.39 is 0 Å². The normalized spacial score (nSPS) is 34.5. The second-order valence-electron chi connectivity index (χ2n) is 6.57. The van der Waals surface area contributed by atoms with Crippen molar-refractivity contribution in [2.45, 2.75) is 65.3 Å². The third kappa shape index (κ3) is 3.02. The largest absolute Gasteiger partial charge is 0.353 e. The summed E-state index contributed by atoms with van der Waals surface area (Å²) in [7, 11) is 0. The van der Waals surface area contributed by atoms with Gasteiger partial charge in [-0.1, -0.05) is 33.6 Å². The van der Waals surface area contributed by atoms with Crippen LogP contribution in [0.1, 0.15) is 59.3 Å². The molecule has 0 spiro atoms. The van der Waals surface area contributed by atoms with Crippen LogP contribution in [0.5, 0.6) is 0 Å². The van der Waals surface area contributed by atoms with E-state index in [2.05, 4.69) is 26.1 Å². The van der Waals surface area contributed by atoms with Crippen LogP contribution in [0.3, 0.4) is 0 Å². The molecule has 0 bridgehead atoms. The Balaban J connectivity index is 1.92. The lowest BCUT2D eigenvalue weighted by atomic mass is 9.73. The van der Waals surface area contributed by atoms with Gasteiger partial charge >= 0.3 is 0 Å². The summed E-state index contributed by atoms with van der Waals surface area (Å²) in [6.07, 6.45) is 7.27. The molecule has 0 saturated heterocycles. The van der Waals surface area contributed by atoms with E-state index in [1.54, 1.807) is 0 Å². The molecule has 2 saturated carbocycles. The van der Waals surface area contributed by atoms with Crippen LogP contribution >= 0.6 is 0 Å². The van der Waals surface area contributed by atoms with Crippen LogP contribution in [0.25, 0.3) is 0 Å². The van der Waals surface area contributed by atoms with E-state index in [1.807, 2.05) is 0 Å². The van der Waals surface area contributed by atoms with Gasteiger partial charge in [0.15, 0.2) is 0 Å². The van der Waals surface area contributed by atoms with Gasteiger partial charge in [-0.2, -0.15) is 0 Å². The number of hydrogen-bond acceptors (Lipinski definition) is 1. The molecule has 1 amide bonds. The van der Waals surface area contributed by atoms with Crippen LogP contribution in [0.15, 0.2) is 0 Å². The Morgan fingerprint density at radius 1 is 1.18 bits per heavy atom. The van der Waals surface area contributed by atoms with E-state index in [0.717, 1.165) is 18.8 Å². The zero-order valence-corrected chi connectivity index (χ0v) is 11.5. The van der Waals surface area contributed by atoms with Crippen molar-refractivity contribution in [2.75, 3.05) is 0 Å². The SMILES string of the molecule is CC(C)[C@@H]1CC[C@H](C)C[C@H]1NC(=O)C1CCC1. The highest BCUT2D eigenvalue weighted by molar-refractivity contribution is 5.79. The molecule has 2 fully saturated rings. The van der Waals surface area contributed by atoms with Gasteiger partial charge in [-0.25, -0.2) is 0 Å². The fraction of sp³-hybridized carbons (Fsp3) is 0.933. The Bertz CT molecular complexity index is 270. The van der Waals surface area contributed by atoms with Gasteiger partial charge in [0, 0.05) is 12.0 Å². The average Bonchev–Trinajstić information content (AvgIpc) is 2.13. The van der Waals surface area contributed by atoms with Gasteiger partial charge in [-0.3, -0.25) is 4.79 Å². The summed E-state index contributed by atoms with van der Waals surface area (Å²) in [5.41, 5.74) is 0. The minimum absolute atomic E-state index is 0.333. The summed E-state index contributed by atoms with van der Waals surface area (Å²) in [5, 5.41) is 3.34. The lowest BCUT2D eigenvalue weighted by molar-refractivity contribution is -0.129. The molecule has 17 heavy (non-hydrogen) atoms. The molecule has 0 aliphatic heterocycles. The monoisotopic (exact) mass is 237 g/mol. The molecule has 2 aliphatic carbocycles. The minimum atomic E-state index is 0.333. The van der Waals surface area contributed by atoms with E-state index in [4.69, 9.17) is 0 Å². The van der Waals surface area contributed by atoms with Gasteiger partial charge in [-0.05, 0) is 43.4 Å². The number of carbonyl (C=O) groups excluding carboxylic acids is 1. The van der Waals surface area contributed by atoms with Gasteiger partial charge < -0.3 is 5.32 Å². The number of nitrogens with one attached hydrogen (secondary N) is 1. The van der Waals surface area contributed by atoms with Crippen LogP contribution in [0.2, 0.25) is 0 Å². The van der Waals surface area contributed by atoms with Crippen molar-refractivity contribution in [2.24, 2.45) is 23.7 Å². The molecule has 3 atom stereocenters. The maximum atomic E-state index is 12.1. The van der Waals surface area contributed by atoms with Crippen LogP contribution < -0.4 is 5.32 Å². The van der Waals surface area contributed by atoms with Gasteiger partial charge in [0.25, 0.3) is 0 Å². The van der Waals surface area contributed by atoms with E-state index in [-0.39, 0.29) is 0 Å². The molecule has 2 aliphatic rings. The molecule has 0 unspecified atom stereocenters. The first-order valence-electron chi connectivity index (χ1n) is 7.38. The van der Waals surface area contributed by atoms with E-state index in [0.29, 0.717) is 29.7 Å². The summed E-state index contributed by atoms with van der Waals surface area (Å²) < 4.78 is 0. The zero-order valence-electron chi connectivity index (χ0n) is 11.5. The van der Waals surface area contributed by atoms with Crippen molar-refractivity contribution in [1.29, 1.82) is 0 Å². The van der Waals surface area contributed by atoms with Crippen LogP contribution in [-0.2, 0) is 4.79 Å². The van der Waals surface area contributed by atoms with Gasteiger partial charge in [0.1, 0.15) is 0 Å². The molecule has 2 heteroatoms. The third-order valence-electron chi connectivity index (χ3n) is 4.83. The van der Waals surface area contributed by atoms with E-state index in [9.17, 15) is 4.79 Å². The molecule has 2 rings (SSSR count). The van der Waals surface area contributed by atoms with E-state index >= 15 is 0 Å². The van der Waals surface area contributed by atoms with Gasteiger partial charge in [0.2, 0.25) is 5.91 Å². The Kier molecular flexibility index (Phi) is 4.11. The molecule has 98 valence electrons. The first-order chi connectivity index (χ1) is 8.08. The highest BCUT2D eigenvalue weighted by atomic mass is 16.2. The summed E-state index contributed by atoms with van der Waals surface area (Å²) in [6, 6.07) is 0.437. The zero-order chi connectivity index (χ0) is 12.4. The second-order valence-corrected chi connectivity index (χ2v) is 6.57. The molecular weight excluding hydrogens is 210 g/mol. The first-order valence-corrected chi connectivity index (χ1v) is 7.38. The Morgan fingerprint density at radius 2 is 1.88 bits per heavy atom. The van der Waals surface area contributed by atoms with Crippen LogP contribution in [0, 0.1) is 23.7 Å². The van der Waals surface area contributed by atoms with Crippen molar-refractivity contribution in [3.05, 3.63) is 0 Å². The Labute approximate surface area is 106 Å². The van der Waals surface area contributed by atoms with Crippen molar-refractivity contribution >= 4 is 5.91 Å². The van der Waals surface area contributed by atoms with Crippen molar-refractivity contribution in [3.8, 4) is 0 Å². The molecule has 0 radical (unpaired) electrons. The summed E-state index contributed by atoms with van der Waals surface area (Å²) >= 11 is 0. The number of amides is 1. The molecule has 0 heterocycles. The highest BCUT2D eigenvalue weighted by Gasteiger charge is 2.34. The molecule has 0 aromatic rings. The predicted octanol–water partition coefficient (Wildman–Crippen LogP) is 3.36. The molecule has 0 aromatic heterocycles. The minimum Gasteiger partial charge on any atom is -0.353 e. The second kappa shape index (κ2) is 5.41. The first kappa shape index (κ1) is 12.9. The standard InChI is InChI=1S/C15H27NO/c1-10(2)13-8-7-11(3)9-14(13)16-15(17)12-5-4-6-12/h10-14H,4-9H2,1-3H3,(H,16,17)/t11-,13-,14+/m0/s1. The molecule has 1 N–H and O–H groups in total. The van der Waals surface area contributed by atoms with Gasteiger partial charge in [0.05, 0.1) is 0 Å². The quantitative estimate of drug-likeness (QED) is 0.801. The third-order valence-corrected chi connectivity index (χ3v) is 4.83. The van der Waals surface area contributed by atoms with Crippen LogP contribution in [0.4, 0.5) is 0 Å². The summed E-state index contributed by atoms with van der Waals surface area (Å²) in [5.74, 6) is 2.82. The van der Waals surface area contributed by atoms with Crippen molar-refractivity contribution in [1.82, 2.24) is 5.32 Å². The Morgan fingerprint density at radius 3 is 2.41 bits per heavy atom. The summed E-state index contributed by atoms with van der Waals surface area (Å²) in [4.78, 5) is 12.1. The van der Waals surface area contributed by atoms with Crippen LogP contribution in [-0.4, -0.2) is 11.9 Å². The summed E-state index contributed by atoms with van der Waals surface area (Å²) in [6.45, 7) is 6.91. The van der Waals surface area contributed by atoms with Gasteiger partial charge in [-0.15, -0.1) is 0 Å². The van der Waals surface area contributed by atoms with Crippen molar-refractivity contribution < 1.29 is 4.79 Å². The molecule has 2 nitrogen and oxygen atoms in total. The lowest BCUT2D eigenvalue weighted by Gasteiger charge is -2.39. The van der Waals surface area contributed by atoms with E-state index in [1.165, 1.54) is 25.7 Å². The predicted molar refractivity (Wildman–Crippen MR) is 70.6 cm³/mol.